The Balaban J connectivity index is 1.49. The van der Waals surface area contributed by atoms with Gasteiger partial charge in [0, 0.05) is 6.21 Å². The Morgan fingerprint density at radius 2 is 1.12 bits per heavy atom. The van der Waals surface area contributed by atoms with E-state index in [2.05, 4.69) is 141 Å². The molecule has 0 saturated heterocycles. The van der Waals surface area contributed by atoms with E-state index < -0.39 is 0 Å². The van der Waals surface area contributed by atoms with Crippen LogP contribution in [0.4, 0.5) is 0 Å². The zero-order chi connectivity index (χ0) is 29.2. The van der Waals surface area contributed by atoms with E-state index in [9.17, 15) is 0 Å². The van der Waals surface area contributed by atoms with Crippen molar-refractivity contribution in [3.63, 3.8) is 0 Å². The molecule has 1 heteroatoms. The van der Waals surface area contributed by atoms with Gasteiger partial charge < -0.3 is 5.41 Å². The number of allylic oxidation sites excluding steroid dienone is 6. The number of benzene rings is 6. The predicted octanol–water partition coefficient (Wildman–Crippen LogP) is 11.6. The molecule has 6 rings (SSSR count). The molecule has 0 aliphatic rings. The summed E-state index contributed by atoms with van der Waals surface area (Å²) < 4.78 is 0. The van der Waals surface area contributed by atoms with Crippen LogP contribution < -0.4 is 0 Å². The van der Waals surface area contributed by atoms with Gasteiger partial charge in [-0.15, -0.1) is 0 Å². The first-order valence-electron chi connectivity index (χ1n) is 14.2. The van der Waals surface area contributed by atoms with E-state index in [1.807, 2.05) is 6.92 Å². The van der Waals surface area contributed by atoms with Crippen molar-refractivity contribution in [1.82, 2.24) is 0 Å². The molecule has 0 atom stereocenters. The fourth-order valence-corrected chi connectivity index (χ4v) is 6.03. The Bertz CT molecular complexity index is 2030. The van der Waals surface area contributed by atoms with E-state index in [1.54, 1.807) is 6.08 Å². The average molecular weight is 540 g/mol. The molecule has 1 nitrogen and oxygen atoms in total. The van der Waals surface area contributed by atoms with Crippen LogP contribution in [-0.4, -0.2) is 6.21 Å². The maximum Gasteiger partial charge on any atom is 0.0184 e. The fourth-order valence-electron chi connectivity index (χ4n) is 6.03. The second-order valence-corrected chi connectivity index (χ2v) is 10.9. The summed E-state index contributed by atoms with van der Waals surface area (Å²) in [7, 11) is 0. The van der Waals surface area contributed by atoms with Crippen molar-refractivity contribution in [3.8, 4) is 22.3 Å². The van der Waals surface area contributed by atoms with Crippen LogP contribution in [0.25, 0.3) is 60.1 Å². The Hall–Kier alpha value is -5.27. The number of hydrogen-bond acceptors (Lipinski definition) is 1. The van der Waals surface area contributed by atoms with Crippen LogP contribution in [0.3, 0.4) is 0 Å². The minimum Gasteiger partial charge on any atom is -0.309 e. The molecule has 0 aliphatic heterocycles. The van der Waals surface area contributed by atoms with Gasteiger partial charge in [0.05, 0.1) is 0 Å². The van der Waals surface area contributed by atoms with E-state index >= 15 is 0 Å². The van der Waals surface area contributed by atoms with Gasteiger partial charge in [0.2, 0.25) is 0 Å². The normalized spacial score (nSPS) is 12.1. The Morgan fingerprint density at radius 1 is 0.595 bits per heavy atom. The lowest BCUT2D eigenvalue weighted by Gasteiger charge is -2.18. The van der Waals surface area contributed by atoms with E-state index in [0.717, 1.165) is 27.9 Å². The summed E-state index contributed by atoms with van der Waals surface area (Å²) in [5.74, 6) is 0. The van der Waals surface area contributed by atoms with Gasteiger partial charge in [-0.3, -0.25) is 0 Å². The van der Waals surface area contributed by atoms with Crippen molar-refractivity contribution in [2.24, 2.45) is 0 Å². The van der Waals surface area contributed by atoms with Crippen molar-refractivity contribution in [3.05, 3.63) is 163 Å². The fraction of sp³-hybridized carbons (Fsp3) is 0.0488. The topological polar surface area (TPSA) is 23.9 Å². The molecule has 0 saturated carbocycles. The molecule has 0 aromatic heterocycles. The van der Waals surface area contributed by atoms with E-state index in [4.69, 9.17) is 5.41 Å². The zero-order valence-electron chi connectivity index (χ0n) is 24.1. The van der Waals surface area contributed by atoms with Gasteiger partial charge >= 0.3 is 0 Å². The quantitative estimate of drug-likeness (QED) is 0.118. The lowest BCUT2D eigenvalue weighted by molar-refractivity contribution is 1.40. The maximum atomic E-state index is 7.47. The summed E-state index contributed by atoms with van der Waals surface area (Å²) in [5, 5.41) is 14.9. The van der Waals surface area contributed by atoms with Gasteiger partial charge in [0.15, 0.2) is 0 Å². The van der Waals surface area contributed by atoms with Gasteiger partial charge in [0.1, 0.15) is 0 Å². The van der Waals surface area contributed by atoms with Crippen LogP contribution in [0, 0.1) is 5.41 Å². The zero-order valence-corrected chi connectivity index (χ0v) is 24.1. The van der Waals surface area contributed by atoms with Gasteiger partial charge in [-0.2, -0.15) is 0 Å². The highest BCUT2D eigenvalue weighted by Crippen LogP contribution is 2.44. The van der Waals surface area contributed by atoms with Crippen LogP contribution in [0.5, 0.6) is 0 Å². The second-order valence-electron chi connectivity index (χ2n) is 10.9. The van der Waals surface area contributed by atoms with Crippen molar-refractivity contribution in [1.29, 1.82) is 5.41 Å². The van der Waals surface area contributed by atoms with Crippen molar-refractivity contribution < 1.29 is 0 Å². The SMILES string of the molecule is C=C(C)/C(=C\C=N)C(=C)/C=C(\C)c1ccc2cc(-c3c4ccccc4c(-c4ccccc4)c4ccccc34)ccc2c1. The van der Waals surface area contributed by atoms with Crippen LogP contribution in [0.2, 0.25) is 0 Å². The summed E-state index contributed by atoms with van der Waals surface area (Å²) in [6.45, 7) is 12.3. The first-order chi connectivity index (χ1) is 20.5. The number of hydrogen-bond donors (Lipinski definition) is 1. The number of rotatable bonds is 7. The second kappa shape index (κ2) is 11.3. The average Bonchev–Trinajstić information content (AvgIpc) is 3.02. The molecular formula is C41H33N. The molecule has 202 valence electrons. The minimum atomic E-state index is 0.858. The monoisotopic (exact) mass is 539 g/mol. The first kappa shape index (κ1) is 26.9. The molecule has 0 aliphatic carbocycles. The number of fused-ring (bicyclic) bond motifs is 3. The predicted molar refractivity (Wildman–Crippen MR) is 184 cm³/mol. The van der Waals surface area contributed by atoms with Crippen LogP contribution in [0.15, 0.2) is 157 Å². The molecule has 0 unspecified atom stereocenters. The van der Waals surface area contributed by atoms with Crippen LogP contribution in [-0.2, 0) is 0 Å². The molecule has 42 heavy (non-hydrogen) atoms. The Morgan fingerprint density at radius 3 is 1.69 bits per heavy atom. The summed E-state index contributed by atoms with van der Waals surface area (Å²) in [6.07, 6.45) is 5.11. The lowest BCUT2D eigenvalue weighted by Crippen LogP contribution is -1.91. The molecular weight excluding hydrogens is 506 g/mol. The van der Waals surface area contributed by atoms with Gasteiger partial charge in [-0.05, 0) is 109 Å². The standard InChI is InChI=1S/C41H33N/c1-27(2)35(22-23-42)29(4)24-28(3)31-18-19-33-26-34(21-20-32(33)25-31)41-38-16-10-8-14-36(38)40(30-12-6-5-7-13-30)37-15-9-11-17-39(37)41/h5-26,42H,1,4H2,2-3H3/b28-24+,35-22+,42-23?. The van der Waals surface area contributed by atoms with Gasteiger partial charge in [-0.25, -0.2) is 0 Å². The Labute approximate surface area is 248 Å². The largest absolute Gasteiger partial charge is 0.309 e. The maximum absolute atomic E-state index is 7.47. The van der Waals surface area contributed by atoms with Crippen LogP contribution in [0.1, 0.15) is 19.4 Å². The molecule has 0 amide bonds. The van der Waals surface area contributed by atoms with E-state index in [1.165, 1.54) is 60.8 Å². The molecule has 0 bridgehead atoms. The molecule has 0 radical (unpaired) electrons. The Kier molecular flexibility index (Phi) is 7.25. The third-order valence-electron chi connectivity index (χ3n) is 8.02. The lowest BCUT2D eigenvalue weighted by atomic mass is 9.85. The molecule has 0 fully saturated rings. The third kappa shape index (κ3) is 4.91. The first-order valence-corrected chi connectivity index (χ1v) is 14.2. The molecule has 0 spiro atoms. The highest BCUT2D eigenvalue weighted by Gasteiger charge is 2.16. The summed E-state index contributed by atoms with van der Waals surface area (Å²) in [5.41, 5.74) is 9.92. The van der Waals surface area contributed by atoms with Crippen molar-refractivity contribution in [2.45, 2.75) is 13.8 Å². The third-order valence-corrected chi connectivity index (χ3v) is 8.02. The minimum absolute atomic E-state index is 0.858. The highest BCUT2D eigenvalue weighted by atomic mass is 14.3. The molecule has 0 heterocycles. The van der Waals surface area contributed by atoms with Crippen LogP contribution >= 0.6 is 0 Å². The summed E-state index contributed by atoms with van der Waals surface area (Å²) in [4.78, 5) is 0. The van der Waals surface area contributed by atoms with Gasteiger partial charge in [0.25, 0.3) is 0 Å². The van der Waals surface area contributed by atoms with Crippen molar-refractivity contribution >= 4 is 44.1 Å². The highest BCUT2D eigenvalue weighted by molar-refractivity contribution is 6.21. The molecule has 1 N–H and O–H groups in total. The summed E-state index contributed by atoms with van der Waals surface area (Å²) in [6, 6.07) is 41.7. The van der Waals surface area contributed by atoms with E-state index in [0.29, 0.717) is 0 Å². The molecule has 6 aromatic carbocycles. The van der Waals surface area contributed by atoms with Crippen molar-refractivity contribution in [2.75, 3.05) is 0 Å². The number of nitrogens with one attached hydrogen (secondary N) is 1. The smallest absolute Gasteiger partial charge is 0.0184 e. The summed E-state index contributed by atoms with van der Waals surface area (Å²) >= 11 is 0. The van der Waals surface area contributed by atoms with Gasteiger partial charge in [-0.1, -0.05) is 128 Å². The molecule has 6 aromatic rings. The van der Waals surface area contributed by atoms with E-state index in [-0.39, 0.29) is 0 Å².